The van der Waals surface area contributed by atoms with Crippen LogP contribution in [0.3, 0.4) is 0 Å². The third-order valence-corrected chi connectivity index (χ3v) is 13.0. The fourth-order valence-electron chi connectivity index (χ4n) is 8.60. The average molecular weight is 796 g/mol. The Hall–Kier alpha value is -3.84. The van der Waals surface area contributed by atoms with Gasteiger partial charge in [0.25, 0.3) is 0 Å². The predicted octanol–water partition coefficient (Wildman–Crippen LogP) is 11.7. The van der Waals surface area contributed by atoms with Crippen LogP contribution in [0.25, 0.3) is 0 Å². The van der Waals surface area contributed by atoms with Crippen molar-refractivity contribution in [3.63, 3.8) is 0 Å². The van der Waals surface area contributed by atoms with Crippen molar-refractivity contribution in [2.75, 3.05) is 0 Å². The van der Waals surface area contributed by atoms with Crippen LogP contribution in [0.15, 0.2) is 60.7 Å². The number of benzene rings is 2. The third kappa shape index (κ3) is 11.5. The van der Waals surface area contributed by atoms with Crippen molar-refractivity contribution in [3.05, 3.63) is 71.8 Å². The zero-order chi connectivity index (χ0) is 44.0. The van der Waals surface area contributed by atoms with Gasteiger partial charge >= 0.3 is 0 Å². The van der Waals surface area contributed by atoms with Gasteiger partial charge in [-0.25, -0.2) is 0 Å². The highest BCUT2D eigenvalue weighted by Crippen LogP contribution is 2.46. The van der Waals surface area contributed by atoms with Crippen LogP contribution in [-0.4, -0.2) is 54.0 Å². The summed E-state index contributed by atoms with van der Waals surface area (Å²) in [5.41, 5.74) is -2.32. The SMILES string of the molecule is CC(C)(C#N)C(C#N)(c1ccccc1)N(O)C1CCCCC1.CC(C)C(C)(N(O)C1CCCCC1)C(C)(C)C#N.CC(C)C(c1ccccc1)N(O)C(C)(C)CC#N. The van der Waals surface area contributed by atoms with Crippen LogP contribution in [0.5, 0.6) is 0 Å². The van der Waals surface area contributed by atoms with E-state index < -0.39 is 27.4 Å². The maximum atomic E-state index is 11.0. The van der Waals surface area contributed by atoms with Gasteiger partial charge in [0.2, 0.25) is 0 Å². The molecule has 2 saturated carbocycles. The fraction of sp³-hybridized carbons (Fsp3) is 0.667. The summed E-state index contributed by atoms with van der Waals surface area (Å²) in [7, 11) is 0. The molecule has 58 heavy (non-hydrogen) atoms. The van der Waals surface area contributed by atoms with Crippen molar-refractivity contribution in [1.29, 1.82) is 21.0 Å². The molecule has 2 aliphatic rings. The summed E-state index contributed by atoms with van der Waals surface area (Å²) in [6.07, 6.45) is 11.0. The molecule has 318 valence electrons. The Morgan fingerprint density at radius 2 is 1.03 bits per heavy atom. The number of nitriles is 4. The predicted molar refractivity (Wildman–Crippen MR) is 229 cm³/mol. The highest BCUT2D eigenvalue weighted by molar-refractivity contribution is 5.37. The van der Waals surface area contributed by atoms with Crippen molar-refractivity contribution in [1.82, 2.24) is 15.2 Å². The molecule has 0 amide bonds. The molecule has 0 saturated heterocycles. The van der Waals surface area contributed by atoms with E-state index in [1.165, 1.54) is 34.5 Å². The number of hydrogen-bond donors (Lipinski definition) is 3. The van der Waals surface area contributed by atoms with E-state index in [1.54, 1.807) is 13.8 Å². The largest absolute Gasteiger partial charge is 0.313 e. The van der Waals surface area contributed by atoms with Gasteiger partial charge in [-0.15, -0.1) is 0 Å². The second-order valence-corrected chi connectivity index (χ2v) is 18.8. The molecule has 3 unspecified atom stereocenters. The lowest BCUT2D eigenvalue weighted by atomic mass is 9.67. The molecular formula is C48H73N7O3. The molecule has 0 aromatic heterocycles. The second-order valence-electron chi connectivity index (χ2n) is 18.8. The van der Waals surface area contributed by atoms with E-state index in [2.05, 4.69) is 52.0 Å². The number of rotatable bonds is 13. The molecule has 0 bridgehead atoms. The normalized spacial score (nSPS) is 18.3. The first kappa shape index (κ1) is 50.3. The first-order chi connectivity index (χ1) is 27.2. The van der Waals surface area contributed by atoms with Gasteiger partial charge in [0.15, 0.2) is 5.54 Å². The molecule has 10 nitrogen and oxygen atoms in total. The van der Waals surface area contributed by atoms with Gasteiger partial charge in [-0.1, -0.05) is 127 Å². The van der Waals surface area contributed by atoms with Crippen molar-refractivity contribution in [3.8, 4) is 24.3 Å². The van der Waals surface area contributed by atoms with Gasteiger partial charge in [0, 0.05) is 12.1 Å². The lowest BCUT2D eigenvalue weighted by molar-refractivity contribution is -0.241. The average Bonchev–Trinajstić information content (AvgIpc) is 3.22. The van der Waals surface area contributed by atoms with Crippen LogP contribution < -0.4 is 0 Å². The Bertz CT molecular complexity index is 1690. The van der Waals surface area contributed by atoms with E-state index in [9.17, 15) is 31.4 Å². The summed E-state index contributed by atoms with van der Waals surface area (Å²) in [6, 6.07) is 28.1. The van der Waals surface area contributed by atoms with Gasteiger partial charge in [0.05, 0.1) is 58.6 Å². The lowest BCUT2D eigenvalue weighted by Gasteiger charge is -2.51. The summed E-state index contributed by atoms with van der Waals surface area (Å²) in [4.78, 5) is 0. The standard InChI is InChI=1S/C18H23N3O.C15H28N2O.C15H22N2O/c1-17(2,13-19)18(14-20,15-9-5-3-6-10-15)21(22)16-11-7-4-8-12-16;1-12(2)15(5,14(3,4)11-16)17(18)13-9-7-6-8-10-13;1-12(2)14(13-8-6-5-7-9-13)17(18)15(3,4)10-11-16/h3,5-6,9-10,16,22H,4,7-8,11-12H2,1-2H3;12-13,18H,6-10H2,1-5H3;5-9,12,14,18H,10H2,1-4H3. The van der Waals surface area contributed by atoms with E-state index in [0.29, 0.717) is 12.0 Å². The summed E-state index contributed by atoms with van der Waals surface area (Å²) in [6.45, 7) is 21.4. The Morgan fingerprint density at radius 3 is 1.41 bits per heavy atom. The molecule has 2 aliphatic carbocycles. The molecule has 10 heteroatoms. The molecule has 2 fully saturated rings. The third-order valence-electron chi connectivity index (χ3n) is 13.0. The van der Waals surface area contributed by atoms with Gasteiger partial charge in [-0.2, -0.15) is 36.2 Å². The highest BCUT2D eigenvalue weighted by Gasteiger charge is 2.54. The maximum Gasteiger partial charge on any atom is 0.175 e. The van der Waals surface area contributed by atoms with Crippen LogP contribution in [-0.2, 0) is 5.54 Å². The molecule has 0 radical (unpaired) electrons. The zero-order valence-corrected chi connectivity index (χ0v) is 37.4. The molecule has 3 atom stereocenters. The molecule has 0 heterocycles. The van der Waals surface area contributed by atoms with Crippen LogP contribution in [0.2, 0.25) is 0 Å². The van der Waals surface area contributed by atoms with Crippen LogP contribution in [0.1, 0.15) is 164 Å². The first-order valence-corrected chi connectivity index (χ1v) is 21.3. The summed E-state index contributed by atoms with van der Waals surface area (Å²) in [5, 5.41) is 74.1. The monoisotopic (exact) mass is 796 g/mol. The topological polar surface area (TPSA) is 166 Å². The van der Waals surface area contributed by atoms with E-state index in [4.69, 9.17) is 5.26 Å². The molecule has 2 aromatic carbocycles. The Morgan fingerprint density at radius 1 is 0.603 bits per heavy atom. The van der Waals surface area contributed by atoms with Crippen LogP contribution in [0.4, 0.5) is 0 Å². The van der Waals surface area contributed by atoms with Crippen molar-refractivity contribution in [2.24, 2.45) is 22.7 Å². The van der Waals surface area contributed by atoms with Crippen LogP contribution in [0, 0.1) is 68.0 Å². The minimum atomic E-state index is -1.37. The Kier molecular flexibility index (Phi) is 19.0. The Balaban J connectivity index is 0.000000303. The zero-order valence-electron chi connectivity index (χ0n) is 37.4. The molecule has 4 rings (SSSR count). The maximum absolute atomic E-state index is 11.0. The van der Waals surface area contributed by atoms with Gasteiger partial charge in [0.1, 0.15) is 0 Å². The summed E-state index contributed by atoms with van der Waals surface area (Å²) >= 11 is 0. The quantitative estimate of drug-likeness (QED) is 0.166. The van der Waals surface area contributed by atoms with E-state index in [0.717, 1.165) is 50.5 Å². The summed E-state index contributed by atoms with van der Waals surface area (Å²) in [5.74, 6) is 0.481. The Labute approximate surface area is 351 Å². The number of hydrogen-bond acceptors (Lipinski definition) is 10. The molecule has 0 aliphatic heterocycles. The summed E-state index contributed by atoms with van der Waals surface area (Å²) < 4.78 is 0. The fourth-order valence-corrected chi connectivity index (χ4v) is 8.60. The van der Waals surface area contributed by atoms with Crippen molar-refractivity contribution in [2.45, 2.75) is 182 Å². The molecule has 0 spiro atoms. The number of nitrogens with zero attached hydrogens (tertiary/aromatic N) is 7. The van der Waals surface area contributed by atoms with Gasteiger partial charge < -0.3 is 15.6 Å². The van der Waals surface area contributed by atoms with E-state index in [1.807, 2.05) is 95.3 Å². The molecular weight excluding hydrogens is 723 g/mol. The van der Waals surface area contributed by atoms with Gasteiger partial charge in [-0.3, -0.25) is 0 Å². The minimum absolute atomic E-state index is 0.0822. The first-order valence-electron chi connectivity index (χ1n) is 21.3. The highest BCUT2D eigenvalue weighted by atomic mass is 16.5. The van der Waals surface area contributed by atoms with Crippen molar-refractivity contribution >= 4 is 0 Å². The minimum Gasteiger partial charge on any atom is -0.313 e. The van der Waals surface area contributed by atoms with E-state index in [-0.39, 0.29) is 30.0 Å². The smallest absolute Gasteiger partial charge is 0.175 e. The molecule has 3 N–H and O–H groups in total. The van der Waals surface area contributed by atoms with Gasteiger partial charge in [-0.05, 0) is 97.1 Å². The van der Waals surface area contributed by atoms with Crippen LogP contribution >= 0.6 is 0 Å². The number of hydroxylamine groups is 6. The van der Waals surface area contributed by atoms with E-state index >= 15 is 0 Å². The van der Waals surface area contributed by atoms with Crippen molar-refractivity contribution < 1.29 is 15.6 Å². The second kappa shape index (κ2) is 22.0. The lowest BCUT2D eigenvalue weighted by Crippen LogP contribution is -2.61. The molecule has 2 aromatic rings.